The van der Waals surface area contributed by atoms with E-state index >= 15 is 0 Å². The Morgan fingerprint density at radius 1 is 1.55 bits per heavy atom. The number of rotatable bonds is 3. The fourth-order valence-corrected chi connectivity index (χ4v) is 2.76. The summed E-state index contributed by atoms with van der Waals surface area (Å²) in [6.07, 6.45) is 3.43. The average molecular weight is 152 g/mol. The third-order valence-electron chi connectivity index (χ3n) is 3.52. The number of hydrogen-bond donors (Lipinski definition) is 0. The first-order valence-electron chi connectivity index (χ1n) is 4.68. The first kappa shape index (κ1) is 8.83. The van der Waals surface area contributed by atoms with Crippen LogP contribution in [0.2, 0.25) is 0 Å². The molecule has 3 unspecified atom stereocenters. The van der Waals surface area contributed by atoms with Gasteiger partial charge < -0.3 is 0 Å². The van der Waals surface area contributed by atoms with Gasteiger partial charge in [-0.25, -0.2) is 0 Å². The molecule has 1 aliphatic carbocycles. The predicted octanol–water partition coefficient (Wildman–Crippen LogP) is 3.49. The highest BCUT2D eigenvalue weighted by molar-refractivity contribution is 5.08. The van der Waals surface area contributed by atoms with Crippen molar-refractivity contribution in [3.63, 3.8) is 0 Å². The molecule has 0 saturated heterocycles. The Hall–Kier alpha value is -0.260. The van der Waals surface area contributed by atoms with Crippen molar-refractivity contribution in [2.75, 3.05) is 0 Å². The standard InChI is InChI=1S/C11H20/c1-6-8(3)10-9(7-2)11(10,4)5/h6,8-10H,1,7H2,2-5H3. The van der Waals surface area contributed by atoms with E-state index in [1.54, 1.807) is 0 Å². The van der Waals surface area contributed by atoms with E-state index in [0.717, 1.165) is 11.8 Å². The Kier molecular flexibility index (Phi) is 2.13. The predicted molar refractivity (Wildman–Crippen MR) is 50.4 cm³/mol. The average Bonchev–Trinajstić information content (AvgIpc) is 2.51. The molecule has 0 N–H and O–H groups in total. The van der Waals surface area contributed by atoms with E-state index < -0.39 is 0 Å². The van der Waals surface area contributed by atoms with Gasteiger partial charge in [-0.1, -0.05) is 40.2 Å². The molecule has 0 heterocycles. The minimum absolute atomic E-state index is 0.586. The Morgan fingerprint density at radius 2 is 2.09 bits per heavy atom. The zero-order valence-corrected chi connectivity index (χ0v) is 8.22. The van der Waals surface area contributed by atoms with Crippen LogP contribution in [0.15, 0.2) is 12.7 Å². The molecule has 0 nitrogen and oxygen atoms in total. The Morgan fingerprint density at radius 3 is 2.36 bits per heavy atom. The summed E-state index contributed by atoms with van der Waals surface area (Å²) in [6.45, 7) is 13.2. The highest BCUT2D eigenvalue weighted by Crippen LogP contribution is 2.63. The summed E-state index contributed by atoms with van der Waals surface area (Å²) in [5, 5.41) is 0. The highest BCUT2D eigenvalue weighted by Gasteiger charge is 2.57. The molecule has 1 fully saturated rings. The van der Waals surface area contributed by atoms with Crippen LogP contribution in [0.5, 0.6) is 0 Å². The molecule has 0 aromatic heterocycles. The van der Waals surface area contributed by atoms with Crippen molar-refractivity contribution in [3.05, 3.63) is 12.7 Å². The van der Waals surface area contributed by atoms with E-state index in [2.05, 4.69) is 40.3 Å². The summed E-state index contributed by atoms with van der Waals surface area (Å²) in [7, 11) is 0. The minimum Gasteiger partial charge on any atom is -0.103 e. The molecule has 1 saturated carbocycles. The SMILES string of the molecule is C=CC(C)C1C(CC)C1(C)C. The van der Waals surface area contributed by atoms with E-state index in [1.165, 1.54) is 6.42 Å². The molecule has 11 heavy (non-hydrogen) atoms. The summed E-state index contributed by atoms with van der Waals surface area (Å²) in [5.41, 5.74) is 0.586. The maximum atomic E-state index is 3.86. The second-order valence-electron chi connectivity index (χ2n) is 4.46. The van der Waals surface area contributed by atoms with E-state index in [4.69, 9.17) is 0 Å². The molecule has 0 heteroatoms. The van der Waals surface area contributed by atoms with E-state index in [0.29, 0.717) is 11.3 Å². The van der Waals surface area contributed by atoms with Gasteiger partial charge in [0.2, 0.25) is 0 Å². The Labute approximate surface area is 70.7 Å². The first-order valence-corrected chi connectivity index (χ1v) is 4.68. The van der Waals surface area contributed by atoms with Crippen LogP contribution in [-0.2, 0) is 0 Å². The van der Waals surface area contributed by atoms with Crippen LogP contribution >= 0.6 is 0 Å². The van der Waals surface area contributed by atoms with Crippen molar-refractivity contribution >= 4 is 0 Å². The van der Waals surface area contributed by atoms with Gasteiger partial charge in [-0.05, 0) is 23.2 Å². The van der Waals surface area contributed by atoms with Gasteiger partial charge >= 0.3 is 0 Å². The minimum atomic E-state index is 0.586. The smallest absolute Gasteiger partial charge is 0.0228 e. The summed E-state index contributed by atoms with van der Waals surface area (Å²) < 4.78 is 0. The molecule has 0 aromatic carbocycles. The maximum Gasteiger partial charge on any atom is -0.0228 e. The van der Waals surface area contributed by atoms with Crippen LogP contribution in [0, 0.1) is 23.2 Å². The largest absolute Gasteiger partial charge is 0.103 e. The zero-order valence-electron chi connectivity index (χ0n) is 8.22. The normalized spacial score (nSPS) is 36.4. The topological polar surface area (TPSA) is 0 Å². The lowest BCUT2D eigenvalue weighted by atomic mass is 9.99. The third-order valence-corrected chi connectivity index (χ3v) is 3.52. The van der Waals surface area contributed by atoms with Crippen LogP contribution in [0.1, 0.15) is 34.1 Å². The van der Waals surface area contributed by atoms with Crippen molar-refractivity contribution in [1.29, 1.82) is 0 Å². The maximum absolute atomic E-state index is 3.86. The van der Waals surface area contributed by atoms with Crippen molar-refractivity contribution in [2.45, 2.75) is 34.1 Å². The summed E-state index contributed by atoms with van der Waals surface area (Å²) >= 11 is 0. The molecular weight excluding hydrogens is 132 g/mol. The van der Waals surface area contributed by atoms with Crippen LogP contribution in [0.25, 0.3) is 0 Å². The van der Waals surface area contributed by atoms with E-state index in [9.17, 15) is 0 Å². The molecule has 0 spiro atoms. The number of allylic oxidation sites excluding steroid dienone is 1. The Balaban J connectivity index is 2.58. The van der Waals surface area contributed by atoms with Gasteiger partial charge in [0.05, 0.1) is 0 Å². The lowest BCUT2D eigenvalue weighted by Gasteiger charge is -2.06. The third kappa shape index (κ3) is 1.23. The fraction of sp³-hybridized carbons (Fsp3) is 0.818. The van der Waals surface area contributed by atoms with Gasteiger partial charge in [0.1, 0.15) is 0 Å². The van der Waals surface area contributed by atoms with Crippen LogP contribution in [0.4, 0.5) is 0 Å². The molecule has 1 aliphatic rings. The van der Waals surface area contributed by atoms with Gasteiger partial charge in [0.25, 0.3) is 0 Å². The van der Waals surface area contributed by atoms with Crippen LogP contribution < -0.4 is 0 Å². The van der Waals surface area contributed by atoms with Gasteiger partial charge in [0.15, 0.2) is 0 Å². The lowest BCUT2D eigenvalue weighted by Crippen LogP contribution is -1.98. The molecule has 0 amide bonds. The zero-order chi connectivity index (χ0) is 8.65. The Bertz CT molecular complexity index is 155. The molecule has 0 bridgehead atoms. The first-order chi connectivity index (χ1) is 5.05. The molecule has 0 aromatic rings. The fourth-order valence-electron chi connectivity index (χ4n) is 2.76. The molecule has 64 valence electrons. The van der Waals surface area contributed by atoms with Gasteiger partial charge in [-0.15, -0.1) is 6.58 Å². The van der Waals surface area contributed by atoms with E-state index in [-0.39, 0.29) is 0 Å². The van der Waals surface area contributed by atoms with Crippen molar-refractivity contribution in [1.82, 2.24) is 0 Å². The molecule has 0 aliphatic heterocycles. The second-order valence-corrected chi connectivity index (χ2v) is 4.46. The van der Waals surface area contributed by atoms with E-state index in [1.807, 2.05) is 0 Å². The monoisotopic (exact) mass is 152 g/mol. The highest BCUT2D eigenvalue weighted by atomic mass is 14.6. The van der Waals surface area contributed by atoms with Gasteiger partial charge in [0, 0.05) is 0 Å². The molecule has 0 radical (unpaired) electrons. The molecule has 1 rings (SSSR count). The second kappa shape index (κ2) is 2.66. The van der Waals surface area contributed by atoms with Gasteiger partial charge in [-0.2, -0.15) is 0 Å². The van der Waals surface area contributed by atoms with Crippen LogP contribution in [0.3, 0.4) is 0 Å². The summed E-state index contributed by atoms with van der Waals surface area (Å²) in [4.78, 5) is 0. The van der Waals surface area contributed by atoms with Crippen molar-refractivity contribution in [3.8, 4) is 0 Å². The summed E-state index contributed by atoms with van der Waals surface area (Å²) in [5.74, 6) is 2.54. The summed E-state index contributed by atoms with van der Waals surface area (Å²) in [6, 6.07) is 0. The van der Waals surface area contributed by atoms with Crippen molar-refractivity contribution < 1.29 is 0 Å². The quantitative estimate of drug-likeness (QED) is 0.543. The van der Waals surface area contributed by atoms with Gasteiger partial charge in [-0.3, -0.25) is 0 Å². The van der Waals surface area contributed by atoms with Crippen molar-refractivity contribution in [2.24, 2.45) is 23.2 Å². The molecular formula is C11H20. The molecule has 3 atom stereocenters. The number of hydrogen-bond acceptors (Lipinski definition) is 0. The lowest BCUT2D eigenvalue weighted by molar-refractivity contribution is 0.484. The van der Waals surface area contributed by atoms with Crippen LogP contribution in [-0.4, -0.2) is 0 Å².